The standard InChI is InChI=1S/C18H30O2/c1-4-5-6-7-8-9-10-13-16-14-11-12-15-17(16)20-18(2,3)19/h11-12,14-15,19H,4-10,13H2,1-3H3. The highest BCUT2D eigenvalue weighted by molar-refractivity contribution is 5.33. The first-order valence-electron chi connectivity index (χ1n) is 8.02. The number of aliphatic hydroxyl groups is 1. The molecule has 0 saturated heterocycles. The van der Waals surface area contributed by atoms with E-state index in [1.165, 1.54) is 50.5 Å². The summed E-state index contributed by atoms with van der Waals surface area (Å²) in [5.74, 6) is -0.304. The zero-order chi connectivity index (χ0) is 14.8. The van der Waals surface area contributed by atoms with Gasteiger partial charge in [-0.2, -0.15) is 0 Å². The first-order valence-corrected chi connectivity index (χ1v) is 8.02. The molecule has 0 unspecified atom stereocenters. The Bertz CT molecular complexity index is 366. The first kappa shape index (κ1) is 17.0. The van der Waals surface area contributed by atoms with Crippen LogP contribution in [0.15, 0.2) is 24.3 Å². The Morgan fingerprint density at radius 3 is 2.20 bits per heavy atom. The lowest BCUT2D eigenvalue weighted by Crippen LogP contribution is -2.27. The highest BCUT2D eigenvalue weighted by Gasteiger charge is 2.15. The summed E-state index contributed by atoms with van der Waals surface area (Å²) >= 11 is 0. The largest absolute Gasteiger partial charge is 0.463 e. The van der Waals surface area contributed by atoms with Gasteiger partial charge >= 0.3 is 0 Å². The molecular weight excluding hydrogens is 248 g/mol. The molecule has 0 radical (unpaired) electrons. The lowest BCUT2D eigenvalue weighted by atomic mass is 10.0. The Hall–Kier alpha value is -1.02. The minimum atomic E-state index is -1.11. The molecule has 0 fully saturated rings. The summed E-state index contributed by atoms with van der Waals surface area (Å²) < 4.78 is 5.60. The number of aryl methyl sites for hydroxylation is 1. The van der Waals surface area contributed by atoms with E-state index in [1.807, 2.05) is 18.2 Å². The maximum atomic E-state index is 9.77. The van der Waals surface area contributed by atoms with E-state index in [0.29, 0.717) is 0 Å². The monoisotopic (exact) mass is 278 g/mol. The van der Waals surface area contributed by atoms with Crippen molar-refractivity contribution in [2.45, 2.75) is 77.9 Å². The van der Waals surface area contributed by atoms with Gasteiger partial charge in [-0.3, -0.25) is 0 Å². The number of unbranched alkanes of at least 4 members (excludes halogenated alkanes) is 6. The highest BCUT2D eigenvalue weighted by Crippen LogP contribution is 2.24. The van der Waals surface area contributed by atoms with Gasteiger partial charge in [0.1, 0.15) is 5.75 Å². The second-order valence-electron chi connectivity index (χ2n) is 6.03. The fourth-order valence-corrected chi connectivity index (χ4v) is 2.35. The topological polar surface area (TPSA) is 29.5 Å². The Morgan fingerprint density at radius 1 is 0.950 bits per heavy atom. The van der Waals surface area contributed by atoms with Gasteiger partial charge in [0.2, 0.25) is 5.79 Å². The van der Waals surface area contributed by atoms with Gasteiger partial charge in [-0.1, -0.05) is 63.6 Å². The van der Waals surface area contributed by atoms with Crippen LogP contribution >= 0.6 is 0 Å². The molecule has 0 spiro atoms. The highest BCUT2D eigenvalue weighted by atomic mass is 16.6. The van der Waals surface area contributed by atoms with E-state index < -0.39 is 5.79 Å². The average Bonchev–Trinajstić information content (AvgIpc) is 2.38. The number of rotatable bonds is 10. The molecule has 114 valence electrons. The van der Waals surface area contributed by atoms with E-state index >= 15 is 0 Å². The second-order valence-corrected chi connectivity index (χ2v) is 6.03. The molecule has 2 heteroatoms. The van der Waals surface area contributed by atoms with Crippen molar-refractivity contribution in [1.29, 1.82) is 0 Å². The summed E-state index contributed by atoms with van der Waals surface area (Å²) in [6.07, 6.45) is 10.2. The molecule has 0 atom stereocenters. The molecule has 2 nitrogen and oxygen atoms in total. The Morgan fingerprint density at radius 2 is 1.55 bits per heavy atom. The maximum absolute atomic E-state index is 9.77. The van der Waals surface area contributed by atoms with Gasteiger partial charge in [0, 0.05) is 13.8 Å². The average molecular weight is 278 g/mol. The van der Waals surface area contributed by atoms with E-state index in [4.69, 9.17) is 4.74 Å². The molecule has 0 amide bonds. The van der Waals surface area contributed by atoms with Crippen LogP contribution in [0.25, 0.3) is 0 Å². The summed E-state index contributed by atoms with van der Waals surface area (Å²) in [6, 6.07) is 8.02. The van der Waals surface area contributed by atoms with Crippen LogP contribution in [0.3, 0.4) is 0 Å². The predicted molar refractivity (Wildman–Crippen MR) is 85.1 cm³/mol. The van der Waals surface area contributed by atoms with E-state index in [2.05, 4.69) is 13.0 Å². The fourth-order valence-electron chi connectivity index (χ4n) is 2.35. The van der Waals surface area contributed by atoms with Crippen molar-refractivity contribution < 1.29 is 9.84 Å². The lowest BCUT2D eigenvalue weighted by molar-refractivity contribution is -0.105. The van der Waals surface area contributed by atoms with Gasteiger partial charge in [0.05, 0.1) is 0 Å². The van der Waals surface area contributed by atoms with Gasteiger partial charge < -0.3 is 9.84 Å². The van der Waals surface area contributed by atoms with Gasteiger partial charge in [-0.25, -0.2) is 0 Å². The number of ether oxygens (including phenoxy) is 1. The molecule has 1 aromatic carbocycles. The lowest BCUT2D eigenvalue weighted by Gasteiger charge is -2.21. The van der Waals surface area contributed by atoms with Gasteiger partial charge in [-0.05, 0) is 24.5 Å². The van der Waals surface area contributed by atoms with Crippen LogP contribution in [-0.4, -0.2) is 10.9 Å². The van der Waals surface area contributed by atoms with Gasteiger partial charge in [-0.15, -0.1) is 0 Å². The molecule has 0 aliphatic heterocycles. The smallest absolute Gasteiger partial charge is 0.202 e. The summed E-state index contributed by atoms with van der Waals surface area (Å²) in [7, 11) is 0. The molecule has 0 aliphatic rings. The minimum absolute atomic E-state index is 0.811. The van der Waals surface area contributed by atoms with E-state index in [1.54, 1.807) is 13.8 Å². The number of hydrogen-bond acceptors (Lipinski definition) is 2. The summed E-state index contributed by atoms with van der Waals surface area (Å²) in [6.45, 7) is 5.58. The molecule has 20 heavy (non-hydrogen) atoms. The third-order valence-electron chi connectivity index (χ3n) is 3.38. The van der Waals surface area contributed by atoms with Crippen molar-refractivity contribution in [2.75, 3.05) is 0 Å². The van der Waals surface area contributed by atoms with Crippen LogP contribution in [0.2, 0.25) is 0 Å². The van der Waals surface area contributed by atoms with Crippen molar-refractivity contribution in [3.8, 4) is 5.75 Å². The van der Waals surface area contributed by atoms with Crippen LogP contribution in [0.5, 0.6) is 5.75 Å². The molecule has 1 aromatic rings. The number of para-hydroxylation sites is 1. The number of hydrogen-bond donors (Lipinski definition) is 1. The van der Waals surface area contributed by atoms with Crippen LogP contribution in [0.1, 0.15) is 71.3 Å². The molecule has 0 heterocycles. The SMILES string of the molecule is CCCCCCCCCc1ccccc1OC(C)(C)O. The predicted octanol–water partition coefficient (Wildman–Crippen LogP) is 5.09. The Balaban J connectivity index is 2.33. The Labute approximate surface area is 124 Å². The normalized spacial score (nSPS) is 11.6. The van der Waals surface area contributed by atoms with Crippen LogP contribution in [-0.2, 0) is 6.42 Å². The van der Waals surface area contributed by atoms with Crippen molar-refractivity contribution in [1.82, 2.24) is 0 Å². The van der Waals surface area contributed by atoms with Crippen molar-refractivity contribution in [3.05, 3.63) is 29.8 Å². The van der Waals surface area contributed by atoms with Gasteiger partial charge in [0.15, 0.2) is 0 Å². The van der Waals surface area contributed by atoms with Crippen molar-refractivity contribution >= 4 is 0 Å². The zero-order valence-corrected chi connectivity index (χ0v) is 13.3. The Kier molecular flexibility index (Phi) is 7.68. The third kappa shape index (κ3) is 7.54. The third-order valence-corrected chi connectivity index (χ3v) is 3.38. The fraction of sp³-hybridized carbons (Fsp3) is 0.667. The summed E-state index contributed by atoms with van der Waals surface area (Å²) in [4.78, 5) is 0. The molecule has 0 saturated carbocycles. The van der Waals surface area contributed by atoms with E-state index in [-0.39, 0.29) is 0 Å². The van der Waals surface area contributed by atoms with E-state index in [0.717, 1.165) is 12.2 Å². The molecule has 0 aromatic heterocycles. The van der Waals surface area contributed by atoms with Crippen LogP contribution < -0.4 is 4.74 Å². The van der Waals surface area contributed by atoms with Crippen molar-refractivity contribution in [3.63, 3.8) is 0 Å². The molecular formula is C18H30O2. The van der Waals surface area contributed by atoms with Crippen molar-refractivity contribution in [2.24, 2.45) is 0 Å². The molecule has 1 N–H and O–H groups in total. The molecule has 0 aliphatic carbocycles. The molecule has 0 bridgehead atoms. The number of benzene rings is 1. The zero-order valence-electron chi connectivity index (χ0n) is 13.3. The first-order chi connectivity index (χ1) is 9.53. The minimum Gasteiger partial charge on any atom is -0.463 e. The van der Waals surface area contributed by atoms with Crippen LogP contribution in [0.4, 0.5) is 0 Å². The molecule has 1 rings (SSSR count). The maximum Gasteiger partial charge on any atom is 0.202 e. The second kappa shape index (κ2) is 9.02. The quantitative estimate of drug-likeness (QED) is 0.477. The summed E-state index contributed by atoms with van der Waals surface area (Å²) in [5.41, 5.74) is 1.20. The van der Waals surface area contributed by atoms with E-state index in [9.17, 15) is 5.11 Å². The summed E-state index contributed by atoms with van der Waals surface area (Å²) in [5, 5.41) is 9.77. The van der Waals surface area contributed by atoms with Gasteiger partial charge in [0.25, 0.3) is 0 Å². The van der Waals surface area contributed by atoms with Crippen LogP contribution in [0, 0.1) is 0 Å².